The van der Waals surface area contributed by atoms with Crippen LogP contribution in [0.4, 0.5) is 18.4 Å². The maximum atomic E-state index is 14.8. The third kappa shape index (κ3) is 5.81. The topological polar surface area (TPSA) is 133 Å². The van der Waals surface area contributed by atoms with Gasteiger partial charge >= 0.3 is 12.2 Å². The van der Waals surface area contributed by atoms with E-state index in [9.17, 15) is 33.1 Å². The highest BCUT2D eigenvalue weighted by Crippen LogP contribution is 2.65. The van der Waals surface area contributed by atoms with Crippen molar-refractivity contribution in [2.45, 2.75) is 50.0 Å². The Morgan fingerprint density at radius 2 is 1.23 bits per heavy atom. The number of piperidine rings is 2. The lowest BCUT2D eigenvalue weighted by Crippen LogP contribution is -2.41. The number of nitrogens with zero attached hydrogens (tertiary/aromatic N) is 3. The first-order valence-corrected chi connectivity index (χ1v) is 17.9. The highest BCUT2D eigenvalue weighted by atomic mass is 19.1. The summed E-state index contributed by atoms with van der Waals surface area (Å²) >= 11 is 0. The third-order valence-electron chi connectivity index (χ3n) is 12.0. The van der Waals surface area contributed by atoms with Gasteiger partial charge in [-0.25, -0.2) is 18.4 Å². The molecule has 3 N–H and O–H groups in total. The Bertz CT molecular complexity index is 1900. The van der Waals surface area contributed by atoms with Gasteiger partial charge in [0.1, 0.15) is 17.2 Å². The molecule has 0 radical (unpaired) electrons. The minimum Gasteiger partial charge on any atom is -0.465 e. The van der Waals surface area contributed by atoms with Gasteiger partial charge in [-0.05, 0) is 92.7 Å². The summed E-state index contributed by atoms with van der Waals surface area (Å²) in [6.07, 6.45) is 0.130. The van der Waals surface area contributed by atoms with E-state index >= 15 is 0 Å². The van der Waals surface area contributed by atoms with Gasteiger partial charge in [-0.3, -0.25) is 14.5 Å². The van der Waals surface area contributed by atoms with Crippen LogP contribution in [-0.2, 0) is 15.6 Å². The van der Waals surface area contributed by atoms with E-state index in [1.807, 2.05) is 32.9 Å². The van der Waals surface area contributed by atoms with Crippen molar-refractivity contribution in [2.24, 2.45) is 29.4 Å². The molecule has 2 saturated carbocycles. The maximum Gasteiger partial charge on any atom is 0.410 e. The summed E-state index contributed by atoms with van der Waals surface area (Å²) in [7, 11) is 0. The molecular formula is C40H44F2N4O6. The first kappa shape index (κ1) is 35.6. The summed E-state index contributed by atoms with van der Waals surface area (Å²) in [6, 6.07) is 19.9. The Labute approximate surface area is 301 Å². The Kier molecular flexibility index (Phi) is 8.88. The van der Waals surface area contributed by atoms with Crippen LogP contribution in [0, 0.1) is 35.3 Å². The van der Waals surface area contributed by atoms with Gasteiger partial charge in [-0.1, -0.05) is 48.5 Å². The molecule has 10 nitrogen and oxygen atoms in total. The van der Waals surface area contributed by atoms with Crippen LogP contribution in [0.5, 0.6) is 0 Å². The highest BCUT2D eigenvalue weighted by Gasteiger charge is 2.69. The summed E-state index contributed by atoms with van der Waals surface area (Å²) < 4.78 is 34.6. The number of rotatable bonds is 5. The van der Waals surface area contributed by atoms with Crippen LogP contribution in [0.1, 0.15) is 65.5 Å². The Balaban J connectivity index is 0.000000167. The molecule has 3 aromatic carbocycles. The molecule has 8 rings (SSSR count). The van der Waals surface area contributed by atoms with E-state index in [0.717, 1.165) is 6.42 Å². The number of fused-ring (bicyclic) bond motifs is 3. The number of hydrogen-bond acceptors (Lipinski definition) is 6. The van der Waals surface area contributed by atoms with E-state index < -0.39 is 17.1 Å². The lowest BCUT2D eigenvalue weighted by atomic mass is 9.89. The molecule has 5 aliphatic rings. The smallest absolute Gasteiger partial charge is 0.410 e. The molecule has 0 aromatic heterocycles. The van der Waals surface area contributed by atoms with Crippen molar-refractivity contribution in [2.75, 3.05) is 39.3 Å². The second-order valence-corrected chi connectivity index (χ2v) is 15.6. The molecule has 6 atom stereocenters. The van der Waals surface area contributed by atoms with Gasteiger partial charge in [0.2, 0.25) is 0 Å². The molecule has 0 spiro atoms. The molecule has 3 aliphatic heterocycles. The lowest BCUT2D eigenvalue weighted by Gasteiger charge is -2.29. The molecule has 12 heteroatoms. The number of benzene rings is 3. The monoisotopic (exact) mass is 714 g/mol. The highest BCUT2D eigenvalue weighted by molar-refractivity contribution is 6.21. The summed E-state index contributed by atoms with van der Waals surface area (Å²) in [5.41, 5.74) is 6.32. The predicted octanol–water partition coefficient (Wildman–Crippen LogP) is 5.90. The quantitative estimate of drug-likeness (QED) is 0.315. The molecule has 3 unspecified atom stereocenters. The molecule has 2 saturated heterocycles. The van der Waals surface area contributed by atoms with Crippen molar-refractivity contribution < 1.29 is 37.8 Å². The summed E-state index contributed by atoms with van der Waals surface area (Å²) in [5, 5.41) is 9.39. The number of halogens is 2. The zero-order chi connectivity index (χ0) is 37.2. The van der Waals surface area contributed by atoms with Gasteiger partial charge in [0.15, 0.2) is 0 Å². The molecule has 3 aromatic rings. The Hall–Kier alpha value is -4.84. The summed E-state index contributed by atoms with van der Waals surface area (Å²) in [4.78, 5) is 53.9. The maximum absolute atomic E-state index is 14.8. The predicted molar refractivity (Wildman–Crippen MR) is 188 cm³/mol. The average molecular weight is 715 g/mol. The molecule has 274 valence electrons. The van der Waals surface area contributed by atoms with Crippen molar-refractivity contribution in [3.8, 4) is 0 Å². The van der Waals surface area contributed by atoms with Crippen molar-refractivity contribution in [1.29, 1.82) is 0 Å². The van der Waals surface area contributed by atoms with Gasteiger partial charge in [0, 0.05) is 50.1 Å². The number of carbonyl (C=O) groups excluding carboxylic acids is 3. The minimum atomic E-state index is -1.00. The van der Waals surface area contributed by atoms with Crippen molar-refractivity contribution in [1.82, 2.24) is 14.7 Å². The van der Waals surface area contributed by atoms with Gasteiger partial charge in [-0.15, -0.1) is 0 Å². The zero-order valence-corrected chi connectivity index (χ0v) is 29.6. The largest absolute Gasteiger partial charge is 0.465 e. The number of amides is 4. The van der Waals surface area contributed by atoms with E-state index in [2.05, 4.69) is 0 Å². The van der Waals surface area contributed by atoms with Crippen LogP contribution in [0.3, 0.4) is 0 Å². The van der Waals surface area contributed by atoms with Crippen LogP contribution in [0.25, 0.3) is 0 Å². The van der Waals surface area contributed by atoms with Crippen molar-refractivity contribution >= 4 is 24.0 Å². The van der Waals surface area contributed by atoms with Gasteiger partial charge in [0.05, 0.1) is 11.1 Å². The Morgan fingerprint density at radius 3 is 1.75 bits per heavy atom. The van der Waals surface area contributed by atoms with Crippen LogP contribution < -0.4 is 5.73 Å². The summed E-state index contributed by atoms with van der Waals surface area (Å²) in [6.45, 7) is 7.92. The number of carboxylic acid groups (broad SMARTS) is 1. The SMILES string of the molecule is CC(C)(C)OC(=O)N1CCC2C(C1)C2(CN)c1ccccc1F.O=C(O)N1CC[C@@H]2[C@H](C1)[C@@]2(CN1C(=O)c2ccccc2C1=O)c1ccccc1F. The standard InChI is InChI=1S/C22H19FN2O4.C18H25FN2O2/c23-18-8-4-3-7-16(18)22(15-9-10-24(21(28)29)11-17(15)22)12-25-19(26)13-5-1-2-6-14(13)20(25)27;1-17(2,3)23-16(22)21-9-8-12-14(10-21)18(12,11-20)13-6-4-5-7-15(13)19/h1-8,15,17H,9-12H2,(H,28,29);4-7,12,14H,8-11,20H2,1-3H3/t15-,17+,22-;/m1./s1. The summed E-state index contributed by atoms with van der Waals surface area (Å²) in [5.74, 6) is -0.877. The van der Waals surface area contributed by atoms with E-state index in [1.165, 1.54) is 21.9 Å². The first-order valence-electron chi connectivity index (χ1n) is 17.9. The van der Waals surface area contributed by atoms with E-state index in [1.54, 1.807) is 53.4 Å². The molecule has 0 bridgehead atoms. The molecule has 52 heavy (non-hydrogen) atoms. The van der Waals surface area contributed by atoms with Gasteiger partial charge in [0.25, 0.3) is 11.8 Å². The van der Waals surface area contributed by atoms with Crippen LogP contribution in [0.15, 0.2) is 72.8 Å². The van der Waals surface area contributed by atoms with E-state index in [4.69, 9.17) is 10.5 Å². The van der Waals surface area contributed by atoms with Crippen molar-refractivity contribution in [3.63, 3.8) is 0 Å². The first-order chi connectivity index (χ1) is 24.7. The second kappa shape index (κ2) is 13.0. The minimum absolute atomic E-state index is 0.0271. The molecule has 2 aliphatic carbocycles. The second-order valence-electron chi connectivity index (χ2n) is 15.6. The molecule has 4 fully saturated rings. The normalized spacial score (nSPS) is 28.6. The molecule has 4 amide bonds. The van der Waals surface area contributed by atoms with Gasteiger partial charge in [-0.2, -0.15) is 0 Å². The van der Waals surface area contributed by atoms with E-state index in [-0.39, 0.29) is 65.8 Å². The fourth-order valence-electron chi connectivity index (χ4n) is 9.47. The number of hydrogen-bond donors (Lipinski definition) is 2. The van der Waals surface area contributed by atoms with Gasteiger partial charge < -0.3 is 25.4 Å². The lowest BCUT2D eigenvalue weighted by molar-refractivity contribution is 0.0206. The number of imide groups is 1. The fourth-order valence-corrected chi connectivity index (χ4v) is 9.47. The number of nitrogens with two attached hydrogens (primary N) is 1. The average Bonchev–Trinajstić information content (AvgIpc) is 3.96. The molecule has 3 heterocycles. The van der Waals surface area contributed by atoms with Crippen LogP contribution >= 0.6 is 0 Å². The Morgan fingerprint density at radius 1 is 0.769 bits per heavy atom. The van der Waals surface area contributed by atoms with Crippen molar-refractivity contribution in [3.05, 3.63) is 107 Å². The van der Waals surface area contributed by atoms with E-state index in [0.29, 0.717) is 60.8 Å². The third-order valence-corrected chi connectivity index (χ3v) is 12.0. The number of carbonyl (C=O) groups is 4. The fraction of sp³-hybridized carbons (Fsp3) is 0.450. The van der Waals surface area contributed by atoms with Crippen LogP contribution in [0.2, 0.25) is 0 Å². The van der Waals surface area contributed by atoms with Crippen LogP contribution in [-0.4, -0.2) is 88.7 Å². The number of ether oxygens (including phenoxy) is 1. The number of likely N-dealkylation sites (tertiary alicyclic amines) is 2. The zero-order valence-electron chi connectivity index (χ0n) is 29.6. The molecular weight excluding hydrogens is 670 g/mol.